The topological polar surface area (TPSA) is 53.0 Å². The molecule has 0 saturated carbocycles. The van der Waals surface area contributed by atoms with E-state index in [2.05, 4.69) is 192 Å². The van der Waals surface area contributed by atoms with Gasteiger partial charge in [-0.05, 0) is 106 Å². The molecule has 2 aromatic heterocycles. The van der Waals surface area contributed by atoms with Gasteiger partial charge >= 0.3 is 0 Å². The summed E-state index contributed by atoms with van der Waals surface area (Å²) in [6.07, 6.45) is 3.88. The molecule has 0 aliphatic carbocycles. The summed E-state index contributed by atoms with van der Waals surface area (Å²) in [5.41, 5.74) is 12.0. The fourth-order valence-electron chi connectivity index (χ4n) is 6.01. The maximum Gasteiger partial charge on any atom is 0.206 e. The summed E-state index contributed by atoms with van der Waals surface area (Å²) in [6.45, 7) is 17.4. The van der Waals surface area contributed by atoms with Gasteiger partial charge in [-0.3, -0.25) is 0 Å². The van der Waals surface area contributed by atoms with Gasteiger partial charge in [0.15, 0.2) is 0 Å². The van der Waals surface area contributed by atoms with E-state index in [-0.39, 0.29) is 53.7 Å². The van der Waals surface area contributed by atoms with Crippen LogP contribution in [0.1, 0.15) is 61.1 Å². The van der Waals surface area contributed by atoms with E-state index < -0.39 is 0 Å². The zero-order valence-electron chi connectivity index (χ0n) is 32.4. The quantitative estimate of drug-likeness (QED) is 0.157. The Hall–Kier alpha value is -3.57. The minimum atomic E-state index is -0.153. The number of nitrogens with one attached hydrogen (secondary N) is 1. The largest absolute Gasteiger partial charge is 0.336 e. The van der Waals surface area contributed by atoms with Crippen LogP contribution in [-0.2, 0) is 50.8 Å². The molecule has 51 heavy (non-hydrogen) atoms. The zero-order chi connectivity index (χ0) is 35.5. The first kappa shape index (κ1) is 41.9. The van der Waals surface area contributed by atoms with Gasteiger partial charge in [0.05, 0.1) is 34.9 Å². The van der Waals surface area contributed by atoms with Gasteiger partial charge in [0, 0.05) is 59.4 Å². The molecular formula is C43H55N6PY. The summed E-state index contributed by atoms with van der Waals surface area (Å²) < 4.78 is 2.18. The zero-order valence-corrected chi connectivity index (χ0v) is 36.7. The fraction of sp³-hybridized carbons (Fsp3) is 0.302. The molecule has 1 radical (unpaired) electrons. The molecule has 0 aliphatic heterocycles. The first-order chi connectivity index (χ1) is 23.2. The van der Waals surface area contributed by atoms with Gasteiger partial charge in [-0.2, -0.15) is 9.90 Å². The molecule has 265 valence electrons. The van der Waals surface area contributed by atoms with Crippen LogP contribution in [0.5, 0.6) is 0 Å². The van der Waals surface area contributed by atoms with E-state index in [0.717, 1.165) is 23.3 Å². The van der Waals surface area contributed by atoms with Gasteiger partial charge in [0.25, 0.3) is 0 Å². The van der Waals surface area contributed by atoms with Crippen molar-refractivity contribution < 1.29 is 32.7 Å². The number of hydrogen-bond donors (Lipinski definition) is 1. The molecule has 0 fully saturated rings. The van der Waals surface area contributed by atoms with Crippen LogP contribution in [0.15, 0.2) is 109 Å². The Kier molecular flexibility index (Phi) is 14.2. The van der Waals surface area contributed by atoms with Crippen LogP contribution < -0.4 is 9.80 Å². The molecule has 0 saturated heterocycles. The van der Waals surface area contributed by atoms with Gasteiger partial charge < -0.3 is 19.4 Å². The van der Waals surface area contributed by atoms with Crippen LogP contribution >= 0.6 is 9.90 Å². The standard InChI is InChI=1S/C22H27N3.C21H25N3.H3P.Y/c1-16-12-13-18(14-17(16)2)20-15-23-21(24(20)5)25(6)22(3,4)19-10-8-7-9-11-19;1-15-11-12-17(13-16(15)2)19-14-22-20(23-19)24(5)21(3,4)18-9-7-6-8-10-18;;/h7-15H,1-6H3;6-14H,1-5H3,(H,22,23);1H3;. The number of aromatic amines is 1. The number of hydrogen-bond acceptors (Lipinski definition) is 4. The number of aryl methyl sites for hydroxylation is 4. The van der Waals surface area contributed by atoms with Crippen LogP contribution in [-0.4, -0.2) is 33.6 Å². The van der Waals surface area contributed by atoms with Crippen molar-refractivity contribution in [1.29, 1.82) is 0 Å². The second kappa shape index (κ2) is 17.3. The minimum Gasteiger partial charge on any atom is -0.336 e. The molecule has 6 nitrogen and oxygen atoms in total. The average molecular weight is 776 g/mol. The van der Waals surface area contributed by atoms with Crippen molar-refractivity contribution in [2.75, 3.05) is 23.9 Å². The summed E-state index contributed by atoms with van der Waals surface area (Å²) in [5, 5.41) is 0. The third kappa shape index (κ3) is 9.09. The van der Waals surface area contributed by atoms with E-state index in [1.807, 2.05) is 18.5 Å². The van der Waals surface area contributed by atoms with Crippen molar-refractivity contribution in [2.24, 2.45) is 7.05 Å². The first-order valence-corrected chi connectivity index (χ1v) is 17.0. The van der Waals surface area contributed by atoms with Crippen LogP contribution in [0.3, 0.4) is 0 Å². The van der Waals surface area contributed by atoms with E-state index >= 15 is 0 Å². The third-order valence-electron chi connectivity index (χ3n) is 10.4. The number of benzene rings is 4. The Morgan fingerprint density at radius 1 is 0.588 bits per heavy atom. The molecule has 1 N–H and O–H groups in total. The summed E-state index contributed by atoms with van der Waals surface area (Å²) in [6, 6.07) is 34.2. The number of H-pyrrole nitrogens is 1. The predicted molar refractivity (Wildman–Crippen MR) is 218 cm³/mol. The molecule has 0 spiro atoms. The van der Waals surface area contributed by atoms with E-state index in [0.29, 0.717) is 0 Å². The number of nitrogens with zero attached hydrogens (tertiary/aromatic N) is 5. The van der Waals surface area contributed by atoms with Gasteiger partial charge in [-0.15, -0.1) is 0 Å². The molecule has 2 heterocycles. The molecule has 1 unspecified atom stereocenters. The Morgan fingerprint density at radius 2 is 1.06 bits per heavy atom. The van der Waals surface area contributed by atoms with Gasteiger partial charge in [-0.1, -0.05) is 84.9 Å². The smallest absolute Gasteiger partial charge is 0.206 e. The minimum absolute atomic E-state index is 0. The van der Waals surface area contributed by atoms with E-state index in [1.165, 1.54) is 44.5 Å². The van der Waals surface area contributed by atoms with E-state index in [9.17, 15) is 0 Å². The van der Waals surface area contributed by atoms with Crippen LogP contribution in [0, 0.1) is 27.7 Å². The summed E-state index contributed by atoms with van der Waals surface area (Å²) in [7, 11) is 6.28. The molecule has 0 amide bonds. The second-order valence-electron chi connectivity index (χ2n) is 14.2. The normalized spacial score (nSPS) is 11.1. The van der Waals surface area contributed by atoms with Crippen molar-refractivity contribution in [2.45, 2.75) is 66.5 Å². The van der Waals surface area contributed by atoms with Gasteiger partial charge in [0.2, 0.25) is 11.9 Å². The van der Waals surface area contributed by atoms with E-state index in [4.69, 9.17) is 4.98 Å². The molecule has 4 aromatic carbocycles. The molecule has 6 rings (SSSR count). The SMILES string of the molecule is Cc1ccc(-c2cnc(N(C)C(C)(C)c3ccccc3)[nH]2)cc1C.Cc1ccc(-c2cnc(N(C)C(C)(C)c3ccccc3)n2C)cc1C.P.[Y]. The predicted octanol–water partition coefficient (Wildman–Crippen LogP) is 10.2. The molecule has 0 aliphatic rings. The monoisotopic (exact) mass is 775 g/mol. The van der Waals surface area contributed by atoms with Crippen molar-refractivity contribution >= 4 is 21.8 Å². The van der Waals surface area contributed by atoms with Crippen LogP contribution in [0.4, 0.5) is 11.9 Å². The first-order valence-electron chi connectivity index (χ1n) is 17.0. The number of aromatic nitrogens is 4. The third-order valence-corrected chi connectivity index (χ3v) is 10.4. The Balaban J connectivity index is 0.000000265. The fourth-order valence-corrected chi connectivity index (χ4v) is 6.01. The van der Waals surface area contributed by atoms with E-state index in [1.54, 1.807) is 0 Å². The Labute approximate surface area is 334 Å². The molecular weight excluding hydrogens is 720 g/mol. The van der Waals surface area contributed by atoms with Crippen LogP contribution in [0.25, 0.3) is 22.5 Å². The Bertz CT molecular complexity index is 2010. The molecule has 8 heteroatoms. The second-order valence-corrected chi connectivity index (χ2v) is 14.2. The van der Waals surface area contributed by atoms with Gasteiger partial charge in [-0.25, -0.2) is 9.97 Å². The van der Waals surface area contributed by atoms with Crippen molar-refractivity contribution in [3.63, 3.8) is 0 Å². The van der Waals surface area contributed by atoms with Crippen molar-refractivity contribution in [3.05, 3.63) is 143 Å². The summed E-state index contributed by atoms with van der Waals surface area (Å²) >= 11 is 0. The van der Waals surface area contributed by atoms with Crippen molar-refractivity contribution in [3.8, 4) is 22.5 Å². The number of imidazole rings is 2. The maximum atomic E-state index is 4.72. The molecule has 6 aromatic rings. The molecule has 1 atom stereocenters. The van der Waals surface area contributed by atoms with Gasteiger partial charge in [0.1, 0.15) is 0 Å². The number of anilines is 2. The van der Waals surface area contributed by atoms with Crippen LogP contribution in [0.2, 0.25) is 0 Å². The maximum absolute atomic E-state index is 4.72. The summed E-state index contributed by atoms with van der Waals surface area (Å²) in [5.74, 6) is 1.83. The summed E-state index contributed by atoms with van der Waals surface area (Å²) in [4.78, 5) is 17.2. The molecule has 0 bridgehead atoms. The van der Waals surface area contributed by atoms with Crippen molar-refractivity contribution in [1.82, 2.24) is 19.5 Å². The number of rotatable bonds is 8. The average Bonchev–Trinajstić information content (AvgIpc) is 3.75. The Morgan fingerprint density at radius 3 is 1.57 bits per heavy atom.